The fraction of sp³-hybridized carbons (Fsp3) is 0.579. The first-order valence-corrected chi connectivity index (χ1v) is 8.74. The number of methoxy groups -OCH3 is 1. The molecule has 1 aromatic carbocycles. The predicted octanol–water partition coefficient (Wildman–Crippen LogP) is 1.65. The van der Waals surface area contributed by atoms with Gasteiger partial charge in [-0.05, 0) is 36.4 Å². The summed E-state index contributed by atoms with van der Waals surface area (Å²) in [5.41, 5.74) is 6.22. The molecular weight excluding hydrogens is 318 g/mol. The van der Waals surface area contributed by atoms with Gasteiger partial charge >= 0.3 is 0 Å². The normalized spacial score (nSPS) is 21.3. The van der Waals surface area contributed by atoms with Crippen molar-refractivity contribution in [3.05, 3.63) is 29.8 Å². The molecule has 2 atom stereocenters. The van der Waals surface area contributed by atoms with E-state index >= 15 is 0 Å². The molecule has 1 aliphatic rings. The van der Waals surface area contributed by atoms with Crippen molar-refractivity contribution in [3.63, 3.8) is 0 Å². The van der Waals surface area contributed by atoms with Crippen molar-refractivity contribution in [2.45, 2.75) is 33.2 Å². The summed E-state index contributed by atoms with van der Waals surface area (Å²) in [5.74, 6) is 0.128. The van der Waals surface area contributed by atoms with Gasteiger partial charge in [0.25, 0.3) is 5.91 Å². The van der Waals surface area contributed by atoms with Crippen LogP contribution in [-0.2, 0) is 4.79 Å². The van der Waals surface area contributed by atoms with E-state index in [1.165, 1.54) is 7.11 Å². The van der Waals surface area contributed by atoms with Crippen molar-refractivity contribution >= 4 is 11.8 Å². The standard InChI is InChI=1S/C19H29N3O3/c1-13(2)16(18(24)22-10-9-19(3,11-20)12-22)21-17(23)14-7-5-6-8-15(14)25-4/h5-8,13,16H,9-12,20H2,1-4H3,(H,21,23). The van der Waals surface area contributed by atoms with Crippen molar-refractivity contribution in [1.82, 2.24) is 10.2 Å². The minimum Gasteiger partial charge on any atom is -0.496 e. The van der Waals surface area contributed by atoms with Crippen LogP contribution in [0.2, 0.25) is 0 Å². The van der Waals surface area contributed by atoms with Crippen LogP contribution in [0.4, 0.5) is 0 Å². The van der Waals surface area contributed by atoms with E-state index in [-0.39, 0.29) is 23.1 Å². The first kappa shape index (κ1) is 19.2. The number of para-hydroxylation sites is 1. The Morgan fingerprint density at radius 3 is 2.60 bits per heavy atom. The van der Waals surface area contributed by atoms with E-state index in [2.05, 4.69) is 12.2 Å². The van der Waals surface area contributed by atoms with E-state index in [0.29, 0.717) is 30.9 Å². The second-order valence-electron chi connectivity index (χ2n) is 7.42. The molecule has 2 amide bonds. The van der Waals surface area contributed by atoms with Crippen molar-refractivity contribution < 1.29 is 14.3 Å². The van der Waals surface area contributed by atoms with Crippen LogP contribution in [-0.4, -0.2) is 49.5 Å². The largest absolute Gasteiger partial charge is 0.496 e. The van der Waals surface area contributed by atoms with Gasteiger partial charge in [-0.3, -0.25) is 9.59 Å². The fourth-order valence-corrected chi connectivity index (χ4v) is 3.14. The highest BCUT2D eigenvalue weighted by Gasteiger charge is 2.38. The zero-order valence-corrected chi connectivity index (χ0v) is 15.5. The van der Waals surface area contributed by atoms with Gasteiger partial charge in [0, 0.05) is 13.1 Å². The molecule has 0 bridgehead atoms. The molecule has 2 unspecified atom stereocenters. The van der Waals surface area contributed by atoms with Crippen molar-refractivity contribution in [3.8, 4) is 5.75 Å². The molecule has 6 nitrogen and oxygen atoms in total. The van der Waals surface area contributed by atoms with Gasteiger partial charge in [-0.2, -0.15) is 0 Å². The molecule has 1 aliphatic heterocycles. The fourth-order valence-electron chi connectivity index (χ4n) is 3.14. The number of benzene rings is 1. The first-order chi connectivity index (χ1) is 11.8. The summed E-state index contributed by atoms with van der Waals surface area (Å²) < 4.78 is 5.24. The Balaban J connectivity index is 2.13. The number of rotatable bonds is 6. The predicted molar refractivity (Wildman–Crippen MR) is 97.4 cm³/mol. The van der Waals surface area contributed by atoms with E-state index in [1.54, 1.807) is 24.3 Å². The van der Waals surface area contributed by atoms with Crippen LogP contribution in [0.15, 0.2) is 24.3 Å². The number of amides is 2. The van der Waals surface area contributed by atoms with Gasteiger partial charge in [0.15, 0.2) is 0 Å². The SMILES string of the molecule is COc1ccccc1C(=O)NC(C(=O)N1CCC(C)(CN)C1)C(C)C. The summed E-state index contributed by atoms with van der Waals surface area (Å²) >= 11 is 0. The molecule has 1 fully saturated rings. The van der Waals surface area contributed by atoms with Gasteiger partial charge in [-0.15, -0.1) is 0 Å². The summed E-state index contributed by atoms with van der Waals surface area (Å²) in [5, 5.41) is 2.89. The lowest BCUT2D eigenvalue weighted by Gasteiger charge is -2.28. The monoisotopic (exact) mass is 347 g/mol. The quantitative estimate of drug-likeness (QED) is 0.819. The molecule has 2 rings (SSSR count). The number of carbonyl (C=O) groups excluding carboxylic acids is 2. The summed E-state index contributed by atoms with van der Waals surface area (Å²) in [6, 6.07) is 6.43. The van der Waals surface area contributed by atoms with E-state index in [9.17, 15) is 9.59 Å². The lowest BCUT2D eigenvalue weighted by atomic mass is 9.90. The third kappa shape index (κ3) is 4.31. The second kappa shape index (κ2) is 7.87. The highest BCUT2D eigenvalue weighted by Crippen LogP contribution is 2.29. The lowest BCUT2D eigenvalue weighted by Crippen LogP contribution is -2.51. The Morgan fingerprint density at radius 2 is 2.04 bits per heavy atom. The minimum atomic E-state index is -0.572. The summed E-state index contributed by atoms with van der Waals surface area (Å²) in [6.45, 7) is 7.83. The van der Waals surface area contributed by atoms with E-state index in [4.69, 9.17) is 10.5 Å². The molecule has 1 aromatic rings. The van der Waals surface area contributed by atoms with Crippen LogP contribution in [0.3, 0.4) is 0 Å². The maximum atomic E-state index is 13.0. The molecule has 0 aromatic heterocycles. The number of nitrogens with one attached hydrogen (secondary N) is 1. The van der Waals surface area contributed by atoms with Crippen LogP contribution in [0.25, 0.3) is 0 Å². The van der Waals surface area contributed by atoms with E-state index in [1.807, 2.05) is 18.7 Å². The summed E-state index contributed by atoms with van der Waals surface area (Å²) in [6.07, 6.45) is 0.889. The zero-order valence-electron chi connectivity index (χ0n) is 15.5. The third-order valence-corrected chi connectivity index (χ3v) is 4.93. The molecular formula is C19H29N3O3. The number of carbonyl (C=O) groups is 2. The van der Waals surface area contributed by atoms with Crippen LogP contribution in [0, 0.1) is 11.3 Å². The van der Waals surface area contributed by atoms with E-state index in [0.717, 1.165) is 6.42 Å². The van der Waals surface area contributed by atoms with Crippen molar-refractivity contribution in [2.75, 3.05) is 26.7 Å². The molecule has 138 valence electrons. The van der Waals surface area contributed by atoms with Gasteiger partial charge in [-0.1, -0.05) is 32.9 Å². The van der Waals surface area contributed by atoms with Gasteiger partial charge in [0.1, 0.15) is 11.8 Å². The van der Waals surface area contributed by atoms with Gasteiger partial charge in [0.2, 0.25) is 5.91 Å². The Labute approximate surface area is 149 Å². The third-order valence-electron chi connectivity index (χ3n) is 4.93. The molecule has 0 radical (unpaired) electrons. The molecule has 1 heterocycles. The van der Waals surface area contributed by atoms with Crippen LogP contribution in [0.5, 0.6) is 5.75 Å². The Bertz CT molecular complexity index is 632. The summed E-state index contributed by atoms with van der Waals surface area (Å²) in [4.78, 5) is 27.4. The van der Waals surface area contributed by atoms with E-state index < -0.39 is 6.04 Å². The highest BCUT2D eigenvalue weighted by molar-refractivity contribution is 5.99. The van der Waals surface area contributed by atoms with Crippen LogP contribution >= 0.6 is 0 Å². The van der Waals surface area contributed by atoms with Crippen LogP contribution in [0.1, 0.15) is 37.6 Å². The van der Waals surface area contributed by atoms with Crippen molar-refractivity contribution in [1.29, 1.82) is 0 Å². The number of likely N-dealkylation sites (tertiary alicyclic amines) is 1. The minimum absolute atomic E-state index is 0.0177. The smallest absolute Gasteiger partial charge is 0.255 e. The molecule has 3 N–H and O–H groups in total. The maximum Gasteiger partial charge on any atom is 0.255 e. The maximum absolute atomic E-state index is 13.0. The number of nitrogens with zero attached hydrogens (tertiary/aromatic N) is 1. The number of ether oxygens (including phenoxy) is 1. The second-order valence-corrected chi connectivity index (χ2v) is 7.42. The first-order valence-electron chi connectivity index (χ1n) is 8.74. The average molecular weight is 347 g/mol. The van der Waals surface area contributed by atoms with Gasteiger partial charge in [0.05, 0.1) is 12.7 Å². The Kier molecular flexibility index (Phi) is 6.06. The Morgan fingerprint density at radius 1 is 1.36 bits per heavy atom. The topological polar surface area (TPSA) is 84.7 Å². The molecule has 6 heteroatoms. The molecule has 0 aliphatic carbocycles. The zero-order chi connectivity index (χ0) is 18.6. The molecule has 0 spiro atoms. The molecule has 0 saturated carbocycles. The number of nitrogens with two attached hydrogens (primary N) is 1. The molecule has 1 saturated heterocycles. The van der Waals surface area contributed by atoms with Crippen molar-refractivity contribution in [2.24, 2.45) is 17.1 Å². The van der Waals surface area contributed by atoms with Crippen LogP contribution < -0.4 is 15.8 Å². The molecule has 25 heavy (non-hydrogen) atoms. The van der Waals surface area contributed by atoms with Gasteiger partial charge < -0.3 is 20.7 Å². The van der Waals surface area contributed by atoms with Gasteiger partial charge in [-0.25, -0.2) is 0 Å². The highest BCUT2D eigenvalue weighted by atomic mass is 16.5. The Hall–Kier alpha value is -2.08. The number of hydrogen-bond acceptors (Lipinski definition) is 4. The average Bonchev–Trinajstić information content (AvgIpc) is 3.01. The number of hydrogen-bond donors (Lipinski definition) is 2. The lowest BCUT2D eigenvalue weighted by molar-refractivity contribution is -0.133. The summed E-state index contributed by atoms with van der Waals surface area (Å²) in [7, 11) is 1.52.